The zero-order valence-electron chi connectivity index (χ0n) is 8.29. The van der Waals surface area contributed by atoms with Crippen molar-refractivity contribution in [3.8, 4) is 0 Å². The van der Waals surface area contributed by atoms with E-state index in [4.69, 9.17) is 5.11 Å². The van der Waals surface area contributed by atoms with Crippen LogP contribution in [-0.4, -0.2) is 35.6 Å². The lowest BCUT2D eigenvalue weighted by molar-refractivity contribution is -0.133. The minimum Gasteiger partial charge on any atom is -0.478 e. The molecule has 0 amide bonds. The van der Waals surface area contributed by atoms with Gasteiger partial charge in [-0.05, 0) is 19.9 Å². The van der Waals surface area contributed by atoms with E-state index >= 15 is 0 Å². The van der Waals surface area contributed by atoms with E-state index < -0.39 is 5.97 Å². The first-order chi connectivity index (χ1) is 6.15. The highest BCUT2D eigenvalue weighted by Gasteiger charge is 2.20. The van der Waals surface area contributed by atoms with E-state index in [0.29, 0.717) is 18.0 Å². The summed E-state index contributed by atoms with van der Waals surface area (Å²) in [5, 5.41) is 8.82. The van der Waals surface area contributed by atoms with Crippen molar-refractivity contribution in [1.29, 1.82) is 0 Å². The molecular formula is C10H17NO2. The largest absolute Gasteiger partial charge is 0.478 e. The van der Waals surface area contributed by atoms with Gasteiger partial charge in [-0.15, -0.1) is 0 Å². The Morgan fingerprint density at radius 1 is 1.77 bits per heavy atom. The molecule has 0 aliphatic carbocycles. The number of carboxylic acids is 1. The molecule has 0 bridgehead atoms. The number of likely N-dealkylation sites (N-methyl/N-ethyl adjacent to an activating group) is 1. The van der Waals surface area contributed by atoms with Crippen molar-refractivity contribution in [3.63, 3.8) is 0 Å². The van der Waals surface area contributed by atoms with Crippen LogP contribution in [0.2, 0.25) is 0 Å². The molecule has 1 aliphatic rings. The molecule has 74 valence electrons. The Labute approximate surface area is 79.0 Å². The molecule has 0 saturated carbocycles. The summed E-state index contributed by atoms with van der Waals surface area (Å²) in [5.41, 5.74) is 0.580. The summed E-state index contributed by atoms with van der Waals surface area (Å²) in [6, 6.07) is 0.324. The molecule has 1 aliphatic heterocycles. The Morgan fingerprint density at radius 2 is 2.46 bits per heavy atom. The Balaban J connectivity index is 2.68. The van der Waals surface area contributed by atoms with Crippen molar-refractivity contribution in [3.05, 3.63) is 11.6 Å². The van der Waals surface area contributed by atoms with Gasteiger partial charge in [0.2, 0.25) is 0 Å². The second kappa shape index (κ2) is 4.42. The van der Waals surface area contributed by atoms with Crippen molar-refractivity contribution in [1.82, 2.24) is 4.90 Å². The van der Waals surface area contributed by atoms with Crippen molar-refractivity contribution in [2.45, 2.75) is 32.2 Å². The van der Waals surface area contributed by atoms with Gasteiger partial charge < -0.3 is 5.11 Å². The first-order valence-corrected chi connectivity index (χ1v) is 4.79. The number of aliphatic carboxylic acids is 1. The van der Waals surface area contributed by atoms with E-state index in [1.54, 1.807) is 0 Å². The lowest BCUT2D eigenvalue weighted by Gasteiger charge is -2.29. The van der Waals surface area contributed by atoms with Crippen LogP contribution >= 0.6 is 0 Å². The number of carboxylic acid groups (broad SMARTS) is 1. The molecule has 0 aromatic heterocycles. The molecule has 13 heavy (non-hydrogen) atoms. The van der Waals surface area contributed by atoms with Crippen LogP contribution in [0.1, 0.15) is 26.2 Å². The van der Waals surface area contributed by atoms with Crippen LogP contribution < -0.4 is 0 Å². The standard InChI is InChI=1S/C10H17NO2/c1-3-4-9-7-8(10(12)13)5-6-11(9)2/h7,9H,3-6H2,1-2H3,(H,12,13). The van der Waals surface area contributed by atoms with Crippen LogP contribution in [-0.2, 0) is 4.79 Å². The Hall–Kier alpha value is -0.830. The van der Waals surface area contributed by atoms with Crippen LogP contribution in [0.15, 0.2) is 11.6 Å². The van der Waals surface area contributed by atoms with Crippen molar-refractivity contribution < 1.29 is 9.90 Å². The van der Waals surface area contributed by atoms with Gasteiger partial charge in [-0.25, -0.2) is 4.79 Å². The van der Waals surface area contributed by atoms with E-state index in [0.717, 1.165) is 19.4 Å². The second-order valence-electron chi connectivity index (χ2n) is 3.58. The molecule has 1 rings (SSSR count). The second-order valence-corrected chi connectivity index (χ2v) is 3.58. The number of hydrogen-bond donors (Lipinski definition) is 1. The van der Waals surface area contributed by atoms with Gasteiger partial charge in [0.1, 0.15) is 0 Å². The molecule has 1 atom stereocenters. The van der Waals surface area contributed by atoms with Crippen molar-refractivity contribution in [2.75, 3.05) is 13.6 Å². The van der Waals surface area contributed by atoms with E-state index in [9.17, 15) is 4.79 Å². The minimum absolute atomic E-state index is 0.324. The summed E-state index contributed by atoms with van der Waals surface area (Å²) in [7, 11) is 2.05. The Morgan fingerprint density at radius 3 is 3.00 bits per heavy atom. The van der Waals surface area contributed by atoms with Gasteiger partial charge in [0.15, 0.2) is 0 Å². The van der Waals surface area contributed by atoms with Crippen molar-refractivity contribution >= 4 is 5.97 Å². The van der Waals surface area contributed by atoms with Gasteiger partial charge in [-0.2, -0.15) is 0 Å². The van der Waals surface area contributed by atoms with Gasteiger partial charge in [-0.3, -0.25) is 4.90 Å². The molecule has 0 radical (unpaired) electrons. The normalized spacial score (nSPS) is 24.2. The van der Waals surface area contributed by atoms with Crippen LogP contribution in [0.5, 0.6) is 0 Å². The third-order valence-corrected chi connectivity index (χ3v) is 2.55. The predicted molar refractivity (Wildman–Crippen MR) is 51.7 cm³/mol. The zero-order valence-corrected chi connectivity index (χ0v) is 8.29. The molecule has 1 unspecified atom stereocenters. The lowest BCUT2D eigenvalue weighted by Crippen LogP contribution is -2.35. The summed E-state index contributed by atoms with van der Waals surface area (Å²) in [6.45, 7) is 2.99. The highest BCUT2D eigenvalue weighted by atomic mass is 16.4. The monoisotopic (exact) mass is 183 g/mol. The average Bonchev–Trinajstić information content (AvgIpc) is 2.08. The smallest absolute Gasteiger partial charge is 0.331 e. The first-order valence-electron chi connectivity index (χ1n) is 4.79. The third kappa shape index (κ3) is 2.56. The average molecular weight is 183 g/mol. The summed E-state index contributed by atoms with van der Waals surface area (Å²) in [6.07, 6.45) is 4.72. The predicted octanol–water partition coefficient (Wildman–Crippen LogP) is 1.50. The number of rotatable bonds is 3. The van der Waals surface area contributed by atoms with Crippen LogP contribution in [0.3, 0.4) is 0 Å². The van der Waals surface area contributed by atoms with Gasteiger partial charge in [0, 0.05) is 18.2 Å². The summed E-state index contributed by atoms with van der Waals surface area (Å²) < 4.78 is 0. The van der Waals surface area contributed by atoms with E-state index in [1.807, 2.05) is 6.08 Å². The SMILES string of the molecule is CCCC1C=C(C(=O)O)CCN1C. The van der Waals surface area contributed by atoms with E-state index in [-0.39, 0.29) is 0 Å². The van der Waals surface area contributed by atoms with E-state index in [2.05, 4.69) is 18.9 Å². The molecule has 0 aromatic rings. The molecule has 3 heteroatoms. The Bertz CT molecular complexity index is 223. The lowest BCUT2D eigenvalue weighted by atomic mass is 10.00. The number of hydrogen-bond acceptors (Lipinski definition) is 2. The highest BCUT2D eigenvalue weighted by molar-refractivity contribution is 5.86. The first kappa shape index (κ1) is 10.3. The quantitative estimate of drug-likeness (QED) is 0.721. The molecule has 0 fully saturated rings. The molecule has 1 heterocycles. The zero-order chi connectivity index (χ0) is 9.84. The molecule has 0 saturated heterocycles. The van der Waals surface area contributed by atoms with Gasteiger partial charge in [0.05, 0.1) is 0 Å². The fraction of sp³-hybridized carbons (Fsp3) is 0.700. The number of carbonyl (C=O) groups is 1. The minimum atomic E-state index is -0.755. The molecule has 1 N–H and O–H groups in total. The fourth-order valence-electron chi connectivity index (χ4n) is 1.68. The molecule has 3 nitrogen and oxygen atoms in total. The molecule has 0 spiro atoms. The van der Waals surface area contributed by atoms with Crippen LogP contribution in [0.4, 0.5) is 0 Å². The van der Waals surface area contributed by atoms with Gasteiger partial charge in [-0.1, -0.05) is 19.4 Å². The maximum absolute atomic E-state index is 10.7. The maximum atomic E-state index is 10.7. The number of nitrogens with zero attached hydrogens (tertiary/aromatic N) is 1. The Kier molecular flexibility index (Phi) is 3.48. The van der Waals surface area contributed by atoms with Crippen molar-refractivity contribution in [2.24, 2.45) is 0 Å². The summed E-state index contributed by atoms with van der Waals surface area (Å²) in [4.78, 5) is 12.9. The highest BCUT2D eigenvalue weighted by Crippen LogP contribution is 2.18. The molecular weight excluding hydrogens is 166 g/mol. The van der Waals surface area contributed by atoms with E-state index in [1.165, 1.54) is 0 Å². The molecule has 0 aromatic carbocycles. The van der Waals surface area contributed by atoms with Gasteiger partial charge >= 0.3 is 5.97 Å². The fourth-order valence-corrected chi connectivity index (χ4v) is 1.68. The third-order valence-electron chi connectivity index (χ3n) is 2.55. The maximum Gasteiger partial charge on any atom is 0.331 e. The van der Waals surface area contributed by atoms with Crippen LogP contribution in [0.25, 0.3) is 0 Å². The summed E-state index contributed by atoms with van der Waals surface area (Å²) >= 11 is 0. The van der Waals surface area contributed by atoms with Crippen LogP contribution in [0, 0.1) is 0 Å². The topological polar surface area (TPSA) is 40.5 Å². The van der Waals surface area contributed by atoms with Gasteiger partial charge in [0.25, 0.3) is 0 Å². The summed E-state index contributed by atoms with van der Waals surface area (Å²) in [5.74, 6) is -0.755.